The number of likely N-dealkylation sites (N-methyl/N-ethyl adjacent to an activating group) is 3. The van der Waals surface area contributed by atoms with Gasteiger partial charge in [0.05, 0.1) is 26.2 Å². The van der Waals surface area contributed by atoms with Crippen molar-refractivity contribution in [1.29, 1.82) is 0 Å². The highest BCUT2D eigenvalue weighted by molar-refractivity contribution is 4.61. The highest BCUT2D eigenvalue weighted by atomic mass is 15.4. The first kappa shape index (κ1) is 12.9. The standard InChI is InChI=1S/C12H28N3/c1-12(2)15(5)10-8-13(3)6-7-14(4)9-11-15/h12H,6-11H2,1-5H3/q+1. The lowest BCUT2D eigenvalue weighted by atomic mass is 10.2. The molecule has 0 aromatic carbocycles. The molecule has 90 valence electrons. The van der Waals surface area contributed by atoms with Crippen molar-refractivity contribution in [3.05, 3.63) is 0 Å². The Labute approximate surface area is 95.2 Å². The zero-order valence-corrected chi connectivity index (χ0v) is 11.2. The van der Waals surface area contributed by atoms with Crippen molar-refractivity contribution < 1.29 is 4.48 Å². The van der Waals surface area contributed by atoms with E-state index in [2.05, 4.69) is 44.8 Å². The van der Waals surface area contributed by atoms with Gasteiger partial charge < -0.3 is 4.48 Å². The molecule has 0 N–H and O–H groups in total. The van der Waals surface area contributed by atoms with Crippen LogP contribution in [0, 0.1) is 0 Å². The Balaban J connectivity index is 2.64. The minimum Gasteiger partial charge on any atom is -0.322 e. The van der Waals surface area contributed by atoms with Crippen molar-refractivity contribution in [3.8, 4) is 0 Å². The van der Waals surface area contributed by atoms with Crippen LogP contribution in [0.4, 0.5) is 0 Å². The Hall–Kier alpha value is -0.120. The molecule has 1 aliphatic rings. The molecule has 0 bridgehead atoms. The molecule has 0 aromatic heterocycles. The first-order valence-corrected chi connectivity index (χ1v) is 6.15. The van der Waals surface area contributed by atoms with Crippen LogP contribution >= 0.6 is 0 Å². The fourth-order valence-corrected chi connectivity index (χ4v) is 1.99. The van der Waals surface area contributed by atoms with Crippen LogP contribution in [0.25, 0.3) is 0 Å². The average Bonchev–Trinajstić information content (AvgIpc) is 2.24. The minimum atomic E-state index is 0.727. The summed E-state index contributed by atoms with van der Waals surface area (Å²) in [6, 6.07) is 0.727. The molecule has 0 amide bonds. The van der Waals surface area contributed by atoms with Crippen LogP contribution in [0.2, 0.25) is 0 Å². The van der Waals surface area contributed by atoms with E-state index >= 15 is 0 Å². The SMILES string of the molecule is CC(C)[N+]1(C)CCN(C)CCN(C)CC1. The fourth-order valence-electron chi connectivity index (χ4n) is 1.99. The number of quaternary nitrogens is 1. The normalized spacial score (nSPS) is 26.0. The molecule has 15 heavy (non-hydrogen) atoms. The zero-order chi connectivity index (χ0) is 11.5. The second kappa shape index (κ2) is 5.28. The zero-order valence-electron chi connectivity index (χ0n) is 11.2. The molecule has 3 heteroatoms. The first-order valence-electron chi connectivity index (χ1n) is 6.15. The molecule has 0 spiro atoms. The molecule has 1 aliphatic heterocycles. The van der Waals surface area contributed by atoms with E-state index in [1.807, 2.05) is 0 Å². The Bertz CT molecular complexity index is 177. The van der Waals surface area contributed by atoms with Gasteiger partial charge in [-0.25, -0.2) is 0 Å². The lowest BCUT2D eigenvalue weighted by Crippen LogP contribution is -2.54. The molecule has 0 aromatic rings. The number of nitrogens with zero attached hydrogens (tertiary/aromatic N) is 3. The smallest absolute Gasteiger partial charge is 0.0916 e. The summed E-state index contributed by atoms with van der Waals surface area (Å²) in [5, 5.41) is 0. The minimum absolute atomic E-state index is 0.727. The second-order valence-electron chi connectivity index (χ2n) is 5.63. The van der Waals surface area contributed by atoms with Crippen LogP contribution < -0.4 is 0 Å². The third kappa shape index (κ3) is 3.74. The second-order valence-corrected chi connectivity index (χ2v) is 5.63. The third-order valence-electron chi connectivity index (χ3n) is 4.10. The van der Waals surface area contributed by atoms with Crippen molar-refractivity contribution >= 4 is 0 Å². The Kier molecular flexibility index (Phi) is 4.56. The molecule has 0 atom stereocenters. The fraction of sp³-hybridized carbons (Fsp3) is 1.00. The van der Waals surface area contributed by atoms with Crippen molar-refractivity contribution in [1.82, 2.24) is 9.80 Å². The predicted molar refractivity (Wildman–Crippen MR) is 66.0 cm³/mol. The van der Waals surface area contributed by atoms with Gasteiger partial charge in [0, 0.05) is 26.2 Å². The van der Waals surface area contributed by atoms with Crippen molar-refractivity contribution in [2.24, 2.45) is 0 Å². The van der Waals surface area contributed by atoms with Gasteiger partial charge in [-0.15, -0.1) is 0 Å². The number of rotatable bonds is 1. The monoisotopic (exact) mass is 214 g/mol. The molecule has 1 heterocycles. The van der Waals surface area contributed by atoms with Gasteiger partial charge in [0.2, 0.25) is 0 Å². The van der Waals surface area contributed by atoms with Gasteiger partial charge in [-0.3, -0.25) is 9.80 Å². The molecule has 0 aliphatic carbocycles. The van der Waals surface area contributed by atoms with E-state index in [-0.39, 0.29) is 0 Å². The van der Waals surface area contributed by atoms with Gasteiger partial charge in [-0.05, 0) is 27.9 Å². The van der Waals surface area contributed by atoms with Gasteiger partial charge in [0.25, 0.3) is 0 Å². The summed E-state index contributed by atoms with van der Waals surface area (Å²) in [7, 11) is 6.88. The predicted octanol–water partition coefficient (Wildman–Crippen LogP) is 0.719. The van der Waals surface area contributed by atoms with E-state index in [9.17, 15) is 0 Å². The van der Waals surface area contributed by atoms with Gasteiger partial charge in [0.1, 0.15) is 0 Å². The van der Waals surface area contributed by atoms with E-state index in [1.165, 1.54) is 43.8 Å². The maximum atomic E-state index is 2.46. The largest absolute Gasteiger partial charge is 0.322 e. The topological polar surface area (TPSA) is 6.48 Å². The molecule has 1 fully saturated rings. The molecule has 0 saturated carbocycles. The molecule has 3 nitrogen and oxygen atoms in total. The average molecular weight is 214 g/mol. The van der Waals surface area contributed by atoms with E-state index in [0.717, 1.165) is 6.04 Å². The quantitative estimate of drug-likeness (QED) is 0.594. The number of hydrogen-bond acceptors (Lipinski definition) is 2. The highest BCUT2D eigenvalue weighted by Crippen LogP contribution is 2.11. The molecule has 0 unspecified atom stereocenters. The van der Waals surface area contributed by atoms with Gasteiger partial charge in [-0.1, -0.05) is 0 Å². The summed E-state index contributed by atoms with van der Waals surface area (Å²) < 4.78 is 1.20. The van der Waals surface area contributed by atoms with Crippen LogP contribution in [0.1, 0.15) is 13.8 Å². The van der Waals surface area contributed by atoms with Crippen molar-refractivity contribution in [3.63, 3.8) is 0 Å². The van der Waals surface area contributed by atoms with E-state index in [0.29, 0.717) is 0 Å². The van der Waals surface area contributed by atoms with E-state index in [4.69, 9.17) is 0 Å². The summed E-state index contributed by atoms with van der Waals surface area (Å²) in [6.45, 7) is 12.1. The summed E-state index contributed by atoms with van der Waals surface area (Å²) in [4.78, 5) is 4.92. The Morgan fingerprint density at radius 1 is 0.867 bits per heavy atom. The lowest BCUT2D eigenvalue weighted by Gasteiger charge is -2.39. The molecule has 1 rings (SSSR count). The summed E-state index contributed by atoms with van der Waals surface area (Å²) in [6.07, 6.45) is 0. The maximum absolute atomic E-state index is 2.46. The molecular weight excluding hydrogens is 186 g/mol. The van der Waals surface area contributed by atoms with Crippen LogP contribution in [0.15, 0.2) is 0 Å². The van der Waals surface area contributed by atoms with Crippen LogP contribution in [0.3, 0.4) is 0 Å². The summed E-state index contributed by atoms with van der Waals surface area (Å²) in [5.74, 6) is 0. The third-order valence-corrected chi connectivity index (χ3v) is 4.10. The Morgan fingerprint density at radius 3 is 1.60 bits per heavy atom. The van der Waals surface area contributed by atoms with E-state index < -0.39 is 0 Å². The summed E-state index contributed by atoms with van der Waals surface area (Å²) in [5.41, 5.74) is 0. The van der Waals surface area contributed by atoms with E-state index in [1.54, 1.807) is 0 Å². The van der Waals surface area contributed by atoms with Gasteiger partial charge in [0.15, 0.2) is 0 Å². The molecular formula is C12H28N3+. The van der Waals surface area contributed by atoms with Crippen LogP contribution in [0.5, 0.6) is 0 Å². The van der Waals surface area contributed by atoms with Gasteiger partial charge in [-0.2, -0.15) is 0 Å². The highest BCUT2D eigenvalue weighted by Gasteiger charge is 2.27. The molecule has 0 radical (unpaired) electrons. The lowest BCUT2D eigenvalue weighted by molar-refractivity contribution is -0.928. The van der Waals surface area contributed by atoms with Gasteiger partial charge >= 0.3 is 0 Å². The number of hydrogen-bond donors (Lipinski definition) is 0. The Morgan fingerprint density at radius 2 is 1.27 bits per heavy atom. The molecule has 1 saturated heterocycles. The first-order chi connectivity index (χ1) is 6.94. The van der Waals surface area contributed by atoms with Crippen molar-refractivity contribution in [2.75, 3.05) is 60.4 Å². The summed E-state index contributed by atoms with van der Waals surface area (Å²) >= 11 is 0. The van der Waals surface area contributed by atoms with Crippen molar-refractivity contribution in [2.45, 2.75) is 19.9 Å². The van der Waals surface area contributed by atoms with Crippen LogP contribution in [-0.4, -0.2) is 80.7 Å². The van der Waals surface area contributed by atoms with Crippen LogP contribution in [-0.2, 0) is 0 Å². The maximum Gasteiger partial charge on any atom is 0.0916 e.